The Balaban J connectivity index is 0.000000167. The Hall–Kier alpha value is -5.41. The molecule has 54 heavy (non-hydrogen) atoms. The minimum atomic E-state index is -0.436. The van der Waals surface area contributed by atoms with Gasteiger partial charge in [-0.15, -0.1) is 0 Å². The Morgan fingerprint density at radius 3 is 1.56 bits per heavy atom. The van der Waals surface area contributed by atoms with Crippen LogP contribution >= 0.6 is 0 Å². The zero-order valence-electron chi connectivity index (χ0n) is 31.2. The average molecular weight is 729 g/mol. The second-order valence-electron chi connectivity index (χ2n) is 14.2. The van der Waals surface area contributed by atoms with Crippen molar-refractivity contribution in [3.63, 3.8) is 0 Å². The molecule has 2 saturated heterocycles. The molecule has 9 heteroatoms. The lowest BCUT2D eigenvalue weighted by molar-refractivity contribution is 0.0600. The summed E-state index contributed by atoms with van der Waals surface area (Å²) in [5.41, 5.74) is 10.0. The third-order valence-corrected chi connectivity index (χ3v) is 10.7. The average Bonchev–Trinajstić information content (AvgIpc) is 3.21. The van der Waals surface area contributed by atoms with E-state index in [0.29, 0.717) is 11.3 Å². The van der Waals surface area contributed by atoms with Gasteiger partial charge in [-0.25, -0.2) is 13.6 Å². The maximum absolute atomic E-state index is 13.5. The van der Waals surface area contributed by atoms with Crippen molar-refractivity contribution < 1.29 is 23.4 Å². The zero-order chi connectivity index (χ0) is 37.8. The lowest BCUT2D eigenvalue weighted by atomic mass is 9.93. The molecule has 2 aliphatic rings. The second kappa shape index (κ2) is 16.3. The molecular formula is C45H46F2N4O3. The fraction of sp³-hybridized carbons (Fsp3) is 0.311. The highest BCUT2D eigenvalue weighted by Crippen LogP contribution is 2.38. The van der Waals surface area contributed by atoms with Crippen LogP contribution in [0, 0.1) is 25.5 Å². The van der Waals surface area contributed by atoms with Crippen molar-refractivity contribution >= 4 is 39.1 Å². The van der Waals surface area contributed by atoms with E-state index in [1.807, 2.05) is 13.0 Å². The van der Waals surface area contributed by atoms with Gasteiger partial charge in [0.2, 0.25) is 0 Å². The first-order chi connectivity index (χ1) is 26.2. The van der Waals surface area contributed by atoms with Crippen LogP contribution in [-0.2, 0) is 11.3 Å². The van der Waals surface area contributed by atoms with Crippen LogP contribution < -0.4 is 9.80 Å². The van der Waals surface area contributed by atoms with Gasteiger partial charge in [0.15, 0.2) is 0 Å². The number of ether oxygens (including phenoxy) is 1. The van der Waals surface area contributed by atoms with Crippen LogP contribution in [0.5, 0.6) is 0 Å². The van der Waals surface area contributed by atoms with Gasteiger partial charge >= 0.3 is 5.97 Å². The van der Waals surface area contributed by atoms with E-state index < -0.39 is 5.97 Å². The molecule has 1 N–H and O–H groups in total. The van der Waals surface area contributed by atoms with Crippen LogP contribution in [0.2, 0.25) is 0 Å². The molecule has 0 unspecified atom stereocenters. The van der Waals surface area contributed by atoms with Gasteiger partial charge in [-0.1, -0.05) is 24.3 Å². The third-order valence-electron chi connectivity index (χ3n) is 10.7. The number of methoxy groups -OCH3 is 1. The maximum Gasteiger partial charge on any atom is 0.340 e. The Kier molecular flexibility index (Phi) is 11.2. The Morgan fingerprint density at radius 1 is 0.648 bits per heavy atom. The van der Waals surface area contributed by atoms with Crippen LogP contribution in [0.4, 0.5) is 20.2 Å². The largest absolute Gasteiger partial charge is 0.465 e. The summed E-state index contributed by atoms with van der Waals surface area (Å²) in [7, 11) is 1.37. The summed E-state index contributed by atoms with van der Waals surface area (Å²) >= 11 is 0. The number of aliphatic hydroxyl groups excluding tert-OH is 1. The first-order valence-electron chi connectivity index (χ1n) is 18.8. The van der Waals surface area contributed by atoms with Crippen molar-refractivity contribution in [3.8, 4) is 22.3 Å². The zero-order valence-corrected chi connectivity index (χ0v) is 31.2. The summed E-state index contributed by atoms with van der Waals surface area (Å²) < 4.78 is 32.0. The molecular weight excluding hydrogens is 683 g/mol. The van der Waals surface area contributed by atoms with Crippen molar-refractivity contribution in [2.24, 2.45) is 0 Å². The van der Waals surface area contributed by atoms with E-state index in [1.165, 1.54) is 75.6 Å². The number of rotatable bonds is 6. The number of aryl methyl sites for hydroxylation is 2. The molecule has 8 rings (SSSR count). The molecule has 2 fully saturated rings. The normalized spacial score (nSPS) is 14.6. The molecule has 0 aliphatic carbocycles. The molecule has 0 radical (unpaired) electrons. The summed E-state index contributed by atoms with van der Waals surface area (Å²) in [5, 5.41) is 11.9. The Morgan fingerprint density at radius 2 is 1.09 bits per heavy atom. The van der Waals surface area contributed by atoms with Crippen molar-refractivity contribution in [2.45, 2.75) is 59.0 Å². The number of aliphatic hydroxyl groups is 1. The van der Waals surface area contributed by atoms with E-state index in [4.69, 9.17) is 4.74 Å². The summed E-state index contributed by atoms with van der Waals surface area (Å²) in [4.78, 5) is 26.7. The third kappa shape index (κ3) is 7.64. The number of esters is 1. The second-order valence-corrected chi connectivity index (χ2v) is 14.2. The van der Waals surface area contributed by atoms with Crippen molar-refractivity contribution in [1.29, 1.82) is 0 Å². The van der Waals surface area contributed by atoms with Crippen LogP contribution in [0.3, 0.4) is 0 Å². The number of hydrogen-bond acceptors (Lipinski definition) is 7. The number of anilines is 2. The number of aromatic nitrogens is 2. The van der Waals surface area contributed by atoms with E-state index in [2.05, 4.69) is 50.1 Å². The lowest BCUT2D eigenvalue weighted by Gasteiger charge is -2.29. The van der Waals surface area contributed by atoms with Gasteiger partial charge in [0, 0.05) is 65.1 Å². The van der Waals surface area contributed by atoms with Crippen molar-refractivity contribution in [2.75, 3.05) is 43.1 Å². The number of pyridine rings is 2. The molecule has 0 spiro atoms. The highest BCUT2D eigenvalue weighted by molar-refractivity contribution is 6.08. The predicted molar refractivity (Wildman–Crippen MR) is 213 cm³/mol. The molecule has 0 bridgehead atoms. The molecule has 2 aromatic heterocycles. The fourth-order valence-electron chi connectivity index (χ4n) is 7.89. The van der Waals surface area contributed by atoms with Gasteiger partial charge in [-0.3, -0.25) is 9.97 Å². The highest BCUT2D eigenvalue weighted by atomic mass is 19.1. The number of carbonyl (C=O) groups is 1. The van der Waals surface area contributed by atoms with Gasteiger partial charge < -0.3 is 19.6 Å². The standard InChI is InChI=1S/C23H23FN2O2.C22H23FN2O/c1-15-21(23(27)28-2)22(16-6-8-17(24)9-7-16)19-14-18(10-11-20(19)25-15)26-12-4-3-5-13-26;1-15-20(14-26)22(16-5-7-17(23)8-6-16)19-13-18(9-10-21(19)24-15)25-11-3-2-4-12-25/h6-11,14H,3-5,12-13H2,1-2H3;5-10,13,26H,2-4,11-12,14H2,1H3. The number of nitrogens with zero attached hydrogens (tertiary/aromatic N) is 4. The number of carbonyl (C=O) groups excluding carboxylic acids is 1. The van der Waals surface area contributed by atoms with Crippen molar-refractivity contribution in [3.05, 3.63) is 119 Å². The van der Waals surface area contributed by atoms with Gasteiger partial charge in [-0.2, -0.15) is 0 Å². The van der Waals surface area contributed by atoms with Crippen LogP contribution in [0.15, 0.2) is 84.9 Å². The Labute approximate surface area is 315 Å². The molecule has 4 heterocycles. The summed E-state index contributed by atoms with van der Waals surface area (Å²) in [6, 6.07) is 25.2. The maximum atomic E-state index is 13.5. The van der Waals surface area contributed by atoms with Gasteiger partial charge in [-0.05, 0) is 130 Å². The SMILES string of the molecule is COC(=O)c1c(C)nc2ccc(N3CCCCC3)cc2c1-c1ccc(F)cc1.Cc1nc2ccc(N3CCCCC3)cc2c(-c2ccc(F)cc2)c1CO. The smallest absolute Gasteiger partial charge is 0.340 e. The van der Waals surface area contributed by atoms with E-state index in [1.54, 1.807) is 31.2 Å². The fourth-order valence-corrected chi connectivity index (χ4v) is 7.89. The monoisotopic (exact) mass is 728 g/mol. The van der Waals surface area contributed by atoms with Crippen LogP contribution in [-0.4, -0.2) is 54.3 Å². The number of piperidine rings is 2. The van der Waals surface area contributed by atoms with Crippen LogP contribution in [0.25, 0.3) is 44.1 Å². The van der Waals surface area contributed by atoms with Gasteiger partial charge in [0.25, 0.3) is 0 Å². The molecule has 0 amide bonds. The molecule has 6 aromatic rings. The minimum absolute atomic E-state index is 0.0879. The van der Waals surface area contributed by atoms with Crippen molar-refractivity contribution in [1.82, 2.24) is 9.97 Å². The molecule has 278 valence electrons. The summed E-state index contributed by atoms with van der Waals surface area (Å²) in [6.07, 6.45) is 7.36. The quantitative estimate of drug-likeness (QED) is 0.171. The highest BCUT2D eigenvalue weighted by Gasteiger charge is 2.23. The molecule has 7 nitrogen and oxygen atoms in total. The number of halogens is 2. The predicted octanol–water partition coefficient (Wildman–Crippen LogP) is 9.96. The number of fused-ring (bicyclic) bond motifs is 2. The number of benzene rings is 4. The van der Waals surface area contributed by atoms with E-state index in [9.17, 15) is 18.7 Å². The first kappa shape index (κ1) is 36.9. The molecule has 0 saturated carbocycles. The lowest BCUT2D eigenvalue weighted by Crippen LogP contribution is -2.29. The van der Waals surface area contributed by atoms with E-state index in [0.717, 1.165) is 87.2 Å². The van der Waals surface area contributed by atoms with Gasteiger partial charge in [0.1, 0.15) is 11.6 Å². The van der Waals surface area contributed by atoms with E-state index >= 15 is 0 Å². The summed E-state index contributed by atoms with van der Waals surface area (Å²) in [5.74, 6) is -1.01. The first-order valence-corrected chi connectivity index (χ1v) is 18.8. The minimum Gasteiger partial charge on any atom is -0.465 e. The number of hydrogen-bond donors (Lipinski definition) is 1. The Bertz CT molecular complexity index is 2280. The van der Waals surface area contributed by atoms with Gasteiger partial charge in [0.05, 0.1) is 36.0 Å². The van der Waals surface area contributed by atoms with E-state index in [-0.39, 0.29) is 18.2 Å². The van der Waals surface area contributed by atoms with Crippen LogP contribution in [0.1, 0.15) is 65.8 Å². The molecule has 4 aromatic carbocycles. The molecule has 0 atom stereocenters. The molecule has 2 aliphatic heterocycles. The topological polar surface area (TPSA) is 78.8 Å². The summed E-state index contributed by atoms with van der Waals surface area (Å²) in [6.45, 7) is 7.83.